The number of pyridine rings is 1. The highest BCUT2D eigenvalue weighted by atomic mass is 19.4. The Bertz CT molecular complexity index is 1030. The number of nitrogens with zero attached hydrogens (tertiary/aromatic N) is 3. The van der Waals surface area contributed by atoms with Gasteiger partial charge in [-0.2, -0.15) is 13.2 Å². The largest absolute Gasteiger partial charge is 0.477 e. The van der Waals surface area contributed by atoms with Crippen molar-refractivity contribution >= 4 is 16.9 Å². The van der Waals surface area contributed by atoms with Gasteiger partial charge in [0.15, 0.2) is 5.58 Å². The maximum absolute atomic E-state index is 12.7. The number of hydrogen-bond acceptors (Lipinski definition) is 5. The summed E-state index contributed by atoms with van der Waals surface area (Å²) in [6, 6.07) is 11.0. The fourth-order valence-electron chi connectivity index (χ4n) is 3.53. The summed E-state index contributed by atoms with van der Waals surface area (Å²) in [5.74, 6) is 0.0903. The Balaban J connectivity index is 1.27. The Morgan fingerprint density at radius 1 is 1.13 bits per heavy atom. The van der Waals surface area contributed by atoms with Crippen LogP contribution in [0.15, 0.2) is 47.0 Å². The van der Waals surface area contributed by atoms with Crippen molar-refractivity contribution in [2.75, 3.05) is 19.7 Å². The maximum atomic E-state index is 12.7. The van der Waals surface area contributed by atoms with Gasteiger partial charge >= 0.3 is 6.18 Å². The number of rotatable bonds is 5. The summed E-state index contributed by atoms with van der Waals surface area (Å²) in [5.41, 5.74) is 0.303. The van der Waals surface area contributed by atoms with Crippen LogP contribution in [-0.2, 0) is 17.4 Å². The topological polar surface area (TPSA) is 68.5 Å². The number of carbonyl (C=O) groups is 1. The number of fused-ring (bicyclic) bond motifs is 1. The average Bonchev–Trinajstić information content (AvgIpc) is 3.15. The lowest BCUT2D eigenvalue weighted by atomic mass is 9.97. The number of carbonyl (C=O) groups excluding carboxylic acids is 1. The second-order valence-electron chi connectivity index (χ2n) is 7.30. The molecule has 0 aliphatic carbocycles. The van der Waals surface area contributed by atoms with Gasteiger partial charge in [-0.15, -0.1) is 0 Å². The third-order valence-electron chi connectivity index (χ3n) is 5.22. The molecule has 0 N–H and O–H groups in total. The molecule has 158 valence electrons. The van der Waals surface area contributed by atoms with Gasteiger partial charge in [0.25, 0.3) is 0 Å². The first kappa shape index (κ1) is 20.2. The molecule has 4 rings (SSSR count). The lowest BCUT2D eigenvalue weighted by Crippen LogP contribution is -2.40. The van der Waals surface area contributed by atoms with Gasteiger partial charge in [0.2, 0.25) is 11.8 Å². The van der Waals surface area contributed by atoms with Gasteiger partial charge in [0.05, 0.1) is 13.0 Å². The number of ether oxygens (including phenoxy) is 1. The van der Waals surface area contributed by atoms with Crippen LogP contribution < -0.4 is 4.74 Å². The number of halogens is 3. The molecule has 1 amide bonds. The van der Waals surface area contributed by atoms with E-state index in [-0.39, 0.29) is 30.7 Å². The van der Waals surface area contributed by atoms with E-state index in [1.165, 1.54) is 12.1 Å². The number of alkyl halides is 3. The summed E-state index contributed by atoms with van der Waals surface area (Å²) in [5, 5.41) is 4.84. The number of amides is 1. The van der Waals surface area contributed by atoms with Gasteiger partial charge in [-0.3, -0.25) is 4.79 Å². The number of para-hydroxylation sites is 1. The Morgan fingerprint density at radius 3 is 2.67 bits per heavy atom. The third-order valence-corrected chi connectivity index (χ3v) is 5.22. The van der Waals surface area contributed by atoms with E-state index in [1.807, 2.05) is 18.2 Å². The summed E-state index contributed by atoms with van der Waals surface area (Å²) in [6.07, 6.45) is -2.90. The standard InChI is InChI=1S/C21H20F3N3O3/c22-21(23,24)18-6-3-7-19(25-18)29-13-14-8-10-27(11-9-14)20(28)12-16-15-4-1-2-5-17(15)30-26-16/h1-7,14H,8-13H2. The van der Waals surface area contributed by atoms with Crippen LogP contribution in [-0.4, -0.2) is 40.6 Å². The number of piperidine rings is 1. The number of likely N-dealkylation sites (tertiary alicyclic amines) is 1. The zero-order valence-electron chi connectivity index (χ0n) is 16.1. The number of benzene rings is 1. The minimum Gasteiger partial charge on any atom is -0.477 e. The first-order chi connectivity index (χ1) is 14.4. The summed E-state index contributed by atoms with van der Waals surface area (Å²) in [4.78, 5) is 17.9. The molecule has 1 aromatic carbocycles. The van der Waals surface area contributed by atoms with Crippen LogP contribution in [0.1, 0.15) is 24.2 Å². The first-order valence-electron chi connectivity index (χ1n) is 9.68. The van der Waals surface area contributed by atoms with Crippen LogP contribution in [0.2, 0.25) is 0 Å². The molecule has 30 heavy (non-hydrogen) atoms. The zero-order valence-corrected chi connectivity index (χ0v) is 16.1. The number of aromatic nitrogens is 2. The molecule has 0 spiro atoms. The van der Waals surface area contributed by atoms with Crippen molar-refractivity contribution in [1.82, 2.24) is 15.0 Å². The van der Waals surface area contributed by atoms with Crippen LogP contribution in [0.5, 0.6) is 5.88 Å². The second-order valence-corrected chi connectivity index (χ2v) is 7.30. The van der Waals surface area contributed by atoms with E-state index in [4.69, 9.17) is 9.26 Å². The molecule has 0 saturated carbocycles. The highest BCUT2D eigenvalue weighted by Gasteiger charge is 2.32. The van der Waals surface area contributed by atoms with Crippen molar-refractivity contribution in [2.45, 2.75) is 25.4 Å². The molecule has 3 aromatic rings. The molecule has 0 radical (unpaired) electrons. The van der Waals surface area contributed by atoms with Gasteiger partial charge in [0, 0.05) is 24.5 Å². The Labute approximate surface area is 170 Å². The zero-order chi connectivity index (χ0) is 21.1. The number of hydrogen-bond donors (Lipinski definition) is 0. The highest BCUT2D eigenvalue weighted by molar-refractivity contribution is 5.86. The van der Waals surface area contributed by atoms with E-state index < -0.39 is 11.9 Å². The third kappa shape index (κ3) is 4.55. The second kappa shape index (κ2) is 8.33. The lowest BCUT2D eigenvalue weighted by Gasteiger charge is -2.31. The Hall–Kier alpha value is -3.10. The normalized spacial score (nSPS) is 15.5. The predicted octanol–water partition coefficient (Wildman–Crippen LogP) is 4.10. The van der Waals surface area contributed by atoms with E-state index in [2.05, 4.69) is 10.1 Å². The molecular weight excluding hydrogens is 399 g/mol. The van der Waals surface area contributed by atoms with E-state index in [9.17, 15) is 18.0 Å². The molecule has 9 heteroatoms. The van der Waals surface area contributed by atoms with Crippen LogP contribution in [0.25, 0.3) is 11.0 Å². The molecule has 0 atom stereocenters. The first-order valence-corrected chi connectivity index (χ1v) is 9.68. The van der Waals surface area contributed by atoms with Gasteiger partial charge in [-0.05, 0) is 37.0 Å². The van der Waals surface area contributed by atoms with Crippen molar-refractivity contribution in [2.24, 2.45) is 5.92 Å². The van der Waals surface area contributed by atoms with Crippen LogP contribution in [0.4, 0.5) is 13.2 Å². The molecule has 1 fully saturated rings. The molecule has 1 aliphatic heterocycles. The monoisotopic (exact) mass is 419 g/mol. The molecule has 6 nitrogen and oxygen atoms in total. The van der Waals surface area contributed by atoms with Crippen molar-refractivity contribution in [3.05, 3.63) is 53.9 Å². The smallest absolute Gasteiger partial charge is 0.433 e. The minimum absolute atomic E-state index is 0.0204. The van der Waals surface area contributed by atoms with E-state index in [0.29, 0.717) is 37.2 Å². The van der Waals surface area contributed by atoms with Crippen molar-refractivity contribution in [3.8, 4) is 5.88 Å². The van der Waals surface area contributed by atoms with Gasteiger partial charge in [-0.1, -0.05) is 23.4 Å². The van der Waals surface area contributed by atoms with E-state index in [0.717, 1.165) is 11.5 Å². The molecule has 1 aliphatic rings. The van der Waals surface area contributed by atoms with Crippen LogP contribution in [0.3, 0.4) is 0 Å². The Kier molecular flexibility index (Phi) is 5.61. The molecule has 0 bridgehead atoms. The fourth-order valence-corrected chi connectivity index (χ4v) is 3.53. The summed E-state index contributed by atoms with van der Waals surface area (Å²) in [6.45, 7) is 1.40. The van der Waals surface area contributed by atoms with Crippen LogP contribution in [0, 0.1) is 5.92 Å². The SMILES string of the molecule is O=C(Cc1noc2ccccc12)N1CCC(COc2cccc(C(F)(F)F)n2)CC1. The maximum Gasteiger partial charge on any atom is 0.433 e. The van der Waals surface area contributed by atoms with Gasteiger partial charge in [0.1, 0.15) is 11.4 Å². The lowest BCUT2D eigenvalue weighted by molar-refractivity contribution is -0.141. The Morgan fingerprint density at radius 2 is 1.90 bits per heavy atom. The molecule has 0 unspecified atom stereocenters. The molecule has 2 aromatic heterocycles. The molecular formula is C21H20F3N3O3. The molecule has 3 heterocycles. The quantitative estimate of drug-likeness (QED) is 0.623. The average molecular weight is 419 g/mol. The highest BCUT2D eigenvalue weighted by Crippen LogP contribution is 2.29. The summed E-state index contributed by atoms with van der Waals surface area (Å²) < 4.78 is 48.9. The summed E-state index contributed by atoms with van der Waals surface area (Å²) >= 11 is 0. The van der Waals surface area contributed by atoms with Crippen molar-refractivity contribution < 1.29 is 27.2 Å². The van der Waals surface area contributed by atoms with Crippen molar-refractivity contribution in [3.63, 3.8) is 0 Å². The predicted molar refractivity (Wildman–Crippen MR) is 102 cm³/mol. The van der Waals surface area contributed by atoms with Crippen LogP contribution >= 0.6 is 0 Å². The minimum atomic E-state index is -4.50. The van der Waals surface area contributed by atoms with E-state index in [1.54, 1.807) is 11.0 Å². The van der Waals surface area contributed by atoms with Gasteiger partial charge < -0.3 is 14.2 Å². The van der Waals surface area contributed by atoms with Crippen molar-refractivity contribution in [1.29, 1.82) is 0 Å². The summed E-state index contributed by atoms with van der Waals surface area (Å²) in [7, 11) is 0. The van der Waals surface area contributed by atoms with Gasteiger partial charge in [-0.25, -0.2) is 4.98 Å². The fraction of sp³-hybridized carbons (Fsp3) is 0.381. The molecule has 1 saturated heterocycles. The van der Waals surface area contributed by atoms with E-state index >= 15 is 0 Å².